The van der Waals surface area contributed by atoms with Gasteiger partial charge in [0.05, 0.1) is 4.92 Å². The molecule has 0 saturated carbocycles. The summed E-state index contributed by atoms with van der Waals surface area (Å²) in [5.74, 6) is 0.656. The second-order valence-electron chi connectivity index (χ2n) is 3.87. The van der Waals surface area contributed by atoms with E-state index in [2.05, 4.69) is 15.9 Å². The number of nitro groups is 1. The summed E-state index contributed by atoms with van der Waals surface area (Å²) in [6, 6.07) is 12.8. The third-order valence-electron chi connectivity index (χ3n) is 2.52. The lowest BCUT2D eigenvalue weighted by molar-refractivity contribution is -0.383. The lowest BCUT2D eigenvalue weighted by Gasteiger charge is -2.05. The molecule has 0 aliphatic carbocycles. The van der Waals surface area contributed by atoms with Gasteiger partial charge >= 0.3 is 0 Å². The number of rotatable bonds is 4. The number of anilines is 1. The minimum atomic E-state index is -0.456. The van der Waals surface area contributed by atoms with E-state index in [0.29, 0.717) is 5.75 Å². The summed E-state index contributed by atoms with van der Waals surface area (Å²) in [5.41, 5.74) is 6.60. The number of benzene rings is 2. The lowest BCUT2D eigenvalue weighted by atomic mass is 10.2. The van der Waals surface area contributed by atoms with Crippen molar-refractivity contribution in [3.8, 4) is 0 Å². The van der Waals surface area contributed by atoms with Gasteiger partial charge in [-0.2, -0.15) is 0 Å². The fourth-order valence-electron chi connectivity index (χ4n) is 1.56. The van der Waals surface area contributed by atoms with Gasteiger partial charge in [-0.15, -0.1) is 11.8 Å². The molecule has 2 rings (SSSR count). The van der Waals surface area contributed by atoms with Gasteiger partial charge in [-0.3, -0.25) is 10.1 Å². The molecule has 4 nitrogen and oxygen atoms in total. The Kier molecular flexibility index (Phi) is 4.44. The third-order valence-corrected chi connectivity index (χ3v) is 4.62. The minimum absolute atomic E-state index is 0.0368. The van der Waals surface area contributed by atoms with Crippen LogP contribution in [0.3, 0.4) is 0 Å². The van der Waals surface area contributed by atoms with Crippen molar-refractivity contribution in [2.24, 2.45) is 0 Å². The van der Waals surface area contributed by atoms with Crippen molar-refractivity contribution in [2.45, 2.75) is 10.6 Å². The van der Waals surface area contributed by atoms with Crippen LogP contribution in [0.15, 0.2) is 51.8 Å². The Bertz CT molecular complexity index is 619. The van der Waals surface area contributed by atoms with Crippen LogP contribution in [-0.4, -0.2) is 4.92 Å². The fraction of sp³-hybridized carbons (Fsp3) is 0.0769. The van der Waals surface area contributed by atoms with Crippen LogP contribution >= 0.6 is 27.7 Å². The van der Waals surface area contributed by atoms with E-state index in [0.717, 1.165) is 14.9 Å². The Hall–Kier alpha value is -1.53. The maximum absolute atomic E-state index is 10.8. The predicted molar refractivity (Wildman–Crippen MR) is 81.2 cm³/mol. The van der Waals surface area contributed by atoms with Crippen molar-refractivity contribution in [2.75, 3.05) is 5.73 Å². The summed E-state index contributed by atoms with van der Waals surface area (Å²) in [7, 11) is 0. The maximum atomic E-state index is 10.8. The highest BCUT2D eigenvalue weighted by atomic mass is 79.9. The first-order valence-electron chi connectivity index (χ1n) is 5.48. The van der Waals surface area contributed by atoms with Gasteiger partial charge < -0.3 is 5.73 Å². The molecule has 0 unspecified atom stereocenters. The van der Waals surface area contributed by atoms with Gasteiger partial charge in [0.15, 0.2) is 0 Å². The van der Waals surface area contributed by atoms with E-state index in [-0.39, 0.29) is 11.4 Å². The fourth-order valence-corrected chi connectivity index (χ4v) is 3.07. The zero-order chi connectivity index (χ0) is 13.8. The summed E-state index contributed by atoms with van der Waals surface area (Å²) in [5, 5.41) is 10.8. The number of nitrogens with two attached hydrogens (primary N) is 1. The van der Waals surface area contributed by atoms with E-state index < -0.39 is 4.92 Å². The second-order valence-corrected chi connectivity index (χ2v) is 5.74. The number of hydrogen-bond acceptors (Lipinski definition) is 4. The molecule has 2 aromatic carbocycles. The predicted octanol–water partition coefficient (Wildman–Crippen LogP) is 4.23. The summed E-state index contributed by atoms with van der Waals surface area (Å²) in [6.07, 6.45) is 0. The monoisotopic (exact) mass is 338 g/mol. The highest BCUT2D eigenvalue weighted by Gasteiger charge is 2.12. The molecule has 0 spiro atoms. The van der Waals surface area contributed by atoms with Gasteiger partial charge in [0, 0.05) is 21.2 Å². The van der Waals surface area contributed by atoms with E-state index in [4.69, 9.17) is 5.73 Å². The van der Waals surface area contributed by atoms with Gasteiger partial charge in [-0.05, 0) is 39.7 Å². The summed E-state index contributed by atoms with van der Waals surface area (Å²) in [6.45, 7) is 0. The molecule has 0 amide bonds. The highest BCUT2D eigenvalue weighted by Crippen LogP contribution is 2.31. The van der Waals surface area contributed by atoms with Crippen LogP contribution in [0.1, 0.15) is 5.56 Å². The van der Waals surface area contributed by atoms with Gasteiger partial charge in [-0.25, -0.2) is 0 Å². The van der Waals surface area contributed by atoms with Crippen LogP contribution < -0.4 is 5.73 Å². The van der Waals surface area contributed by atoms with E-state index in [1.165, 1.54) is 6.07 Å². The van der Waals surface area contributed by atoms with Crippen molar-refractivity contribution in [1.29, 1.82) is 0 Å². The molecule has 0 radical (unpaired) electrons. The Labute approximate surface area is 123 Å². The minimum Gasteiger partial charge on any atom is -0.393 e. The second kappa shape index (κ2) is 6.08. The molecule has 19 heavy (non-hydrogen) atoms. The lowest BCUT2D eigenvalue weighted by Crippen LogP contribution is -1.96. The normalized spacial score (nSPS) is 10.4. The Morgan fingerprint density at radius 2 is 2.00 bits per heavy atom. The van der Waals surface area contributed by atoms with Crippen LogP contribution in [0.25, 0.3) is 0 Å². The Balaban J connectivity index is 2.14. The quantitative estimate of drug-likeness (QED) is 0.392. The van der Waals surface area contributed by atoms with Gasteiger partial charge in [0.25, 0.3) is 5.69 Å². The molecule has 0 bridgehead atoms. The third kappa shape index (κ3) is 3.48. The molecular weight excluding hydrogens is 328 g/mol. The topological polar surface area (TPSA) is 69.2 Å². The van der Waals surface area contributed by atoms with Crippen LogP contribution in [0.5, 0.6) is 0 Å². The molecule has 0 saturated heterocycles. The van der Waals surface area contributed by atoms with E-state index >= 15 is 0 Å². The van der Waals surface area contributed by atoms with Crippen molar-refractivity contribution in [3.63, 3.8) is 0 Å². The molecule has 0 aromatic heterocycles. The number of halogens is 1. The summed E-state index contributed by atoms with van der Waals surface area (Å²) < 4.78 is 1.02. The van der Waals surface area contributed by atoms with Crippen LogP contribution in [0, 0.1) is 10.1 Å². The number of nitrogen functional groups attached to an aromatic ring is 1. The molecule has 98 valence electrons. The largest absolute Gasteiger partial charge is 0.393 e. The van der Waals surface area contributed by atoms with E-state index in [1.54, 1.807) is 17.8 Å². The summed E-state index contributed by atoms with van der Waals surface area (Å²) in [4.78, 5) is 11.5. The van der Waals surface area contributed by atoms with Crippen molar-refractivity contribution < 1.29 is 4.92 Å². The number of hydrogen-bond donors (Lipinski definition) is 1. The molecule has 6 heteroatoms. The standard InChI is InChI=1S/C13H11BrN2O2S/c14-10-3-1-2-4-13(10)19-8-9-5-6-11(15)12(7-9)16(17)18/h1-7H,8,15H2. The van der Waals surface area contributed by atoms with Crippen LogP contribution in [0.2, 0.25) is 0 Å². The average Bonchev–Trinajstić information content (AvgIpc) is 2.39. The Morgan fingerprint density at radius 3 is 2.68 bits per heavy atom. The molecule has 0 aliphatic heterocycles. The molecule has 0 fully saturated rings. The Morgan fingerprint density at radius 1 is 1.26 bits per heavy atom. The van der Waals surface area contributed by atoms with Crippen molar-refractivity contribution >= 4 is 39.1 Å². The first-order chi connectivity index (χ1) is 9.08. The summed E-state index contributed by atoms with van der Waals surface area (Å²) >= 11 is 5.09. The van der Waals surface area contributed by atoms with Crippen LogP contribution in [-0.2, 0) is 5.75 Å². The average molecular weight is 339 g/mol. The number of thioether (sulfide) groups is 1. The van der Waals surface area contributed by atoms with Gasteiger partial charge in [0.1, 0.15) is 5.69 Å². The van der Waals surface area contributed by atoms with Gasteiger partial charge in [0.2, 0.25) is 0 Å². The molecule has 2 N–H and O–H groups in total. The molecule has 0 aliphatic rings. The number of nitrogens with zero attached hydrogens (tertiary/aromatic N) is 1. The van der Waals surface area contributed by atoms with Crippen molar-refractivity contribution in [1.82, 2.24) is 0 Å². The zero-order valence-corrected chi connectivity index (χ0v) is 12.3. The maximum Gasteiger partial charge on any atom is 0.292 e. The van der Waals surface area contributed by atoms with E-state index in [1.807, 2.05) is 30.3 Å². The molecular formula is C13H11BrN2O2S. The SMILES string of the molecule is Nc1ccc(CSc2ccccc2Br)cc1[N+](=O)[O-]. The number of nitro benzene ring substituents is 1. The smallest absolute Gasteiger partial charge is 0.292 e. The first kappa shape index (κ1) is 13.9. The molecule has 0 heterocycles. The zero-order valence-electron chi connectivity index (χ0n) is 9.88. The van der Waals surface area contributed by atoms with Gasteiger partial charge in [-0.1, -0.05) is 18.2 Å². The highest BCUT2D eigenvalue weighted by molar-refractivity contribution is 9.10. The first-order valence-corrected chi connectivity index (χ1v) is 7.26. The van der Waals surface area contributed by atoms with Crippen molar-refractivity contribution in [3.05, 3.63) is 62.6 Å². The van der Waals surface area contributed by atoms with E-state index in [9.17, 15) is 10.1 Å². The van der Waals surface area contributed by atoms with Crippen LogP contribution in [0.4, 0.5) is 11.4 Å². The molecule has 0 atom stereocenters. The molecule has 2 aromatic rings.